The predicted molar refractivity (Wildman–Crippen MR) is 69.6 cm³/mol. The first-order valence-corrected chi connectivity index (χ1v) is 7.06. The van der Waals surface area contributed by atoms with Gasteiger partial charge in [0, 0.05) is 22.6 Å². The Bertz CT molecular complexity index is 561. The van der Waals surface area contributed by atoms with Crippen molar-refractivity contribution < 1.29 is 19.4 Å². The predicted octanol–water partition coefficient (Wildman–Crippen LogP) is 0.576. The van der Waals surface area contributed by atoms with Crippen LogP contribution in [-0.2, 0) is 15.3 Å². The molecule has 1 N–H and O–H groups in total. The Balaban J connectivity index is 2.11. The van der Waals surface area contributed by atoms with E-state index in [1.165, 1.54) is 23.8 Å². The van der Waals surface area contributed by atoms with Crippen molar-refractivity contribution in [2.45, 2.75) is 11.8 Å². The van der Waals surface area contributed by atoms with Crippen LogP contribution in [0.5, 0.6) is 0 Å². The van der Waals surface area contributed by atoms with E-state index in [0.29, 0.717) is 22.6 Å². The summed E-state index contributed by atoms with van der Waals surface area (Å²) < 4.78 is 4.73. The standard InChI is InChI=1S/C13H13NO4S/c1-18-12(16)10-6-19-7-13(17)9-5-3-2-4-8(9)11(15)14(10)13/h2-5,10,17H,6-7H2,1H3/t10-,13?/m0/s1. The van der Waals surface area contributed by atoms with E-state index in [2.05, 4.69) is 0 Å². The molecule has 1 saturated heterocycles. The molecule has 2 atom stereocenters. The third kappa shape index (κ3) is 1.60. The molecule has 2 heterocycles. The maximum atomic E-state index is 12.4. The molecule has 1 aromatic carbocycles. The third-order valence-corrected chi connectivity index (χ3v) is 4.73. The zero-order valence-corrected chi connectivity index (χ0v) is 11.1. The highest BCUT2D eigenvalue weighted by molar-refractivity contribution is 7.99. The number of nitrogens with zero attached hydrogens (tertiary/aromatic N) is 1. The lowest BCUT2D eigenvalue weighted by Crippen LogP contribution is -2.58. The number of aliphatic hydroxyl groups is 1. The monoisotopic (exact) mass is 279 g/mol. The molecule has 1 amide bonds. The Hall–Kier alpha value is -1.53. The number of rotatable bonds is 1. The van der Waals surface area contributed by atoms with E-state index in [9.17, 15) is 14.7 Å². The molecule has 3 rings (SSSR count). The molecule has 0 aliphatic carbocycles. The van der Waals surface area contributed by atoms with Crippen LogP contribution in [0.2, 0.25) is 0 Å². The fraction of sp³-hybridized carbons (Fsp3) is 0.385. The van der Waals surface area contributed by atoms with E-state index in [0.717, 1.165) is 0 Å². The van der Waals surface area contributed by atoms with Crippen LogP contribution in [0.4, 0.5) is 0 Å². The van der Waals surface area contributed by atoms with E-state index >= 15 is 0 Å². The van der Waals surface area contributed by atoms with Crippen LogP contribution in [0, 0.1) is 0 Å². The molecular weight excluding hydrogens is 266 g/mol. The first-order valence-electron chi connectivity index (χ1n) is 5.90. The van der Waals surface area contributed by atoms with Crippen molar-refractivity contribution in [3.05, 3.63) is 35.4 Å². The van der Waals surface area contributed by atoms with Crippen molar-refractivity contribution >= 4 is 23.6 Å². The van der Waals surface area contributed by atoms with Gasteiger partial charge in [-0.15, -0.1) is 0 Å². The fourth-order valence-corrected chi connectivity index (χ4v) is 3.90. The van der Waals surface area contributed by atoms with Crippen LogP contribution < -0.4 is 0 Å². The normalized spacial score (nSPS) is 28.8. The third-order valence-electron chi connectivity index (χ3n) is 3.57. The van der Waals surface area contributed by atoms with Crippen molar-refractivity contribution in [2.75, 3.05) is 18.6 Å². The number of carbonyl (C=O) groups excluding carboxylic acids is 2. The molecule has 0 radical (unpaired) electrons. The van der Waals surface area contributed by atoms with Gasteiger partial charge in [-0.3, -0.25) is 9.69 Å². The Kier molecular flexibility index (Phi) is 2.79. The number of hydrogen-bond donors (Lipinski definition) is 1. The number of carbonyl (C=O) groups is 2. The summed E-state index contributed by atoms with van der Waals surface area (Å²) >= 11 is 1.44. The number of methoxy groups -OCH3 is 1. The van der Waals surface area contributed by atoms with Crippen molar-refractivity contribution in [3.63, 3.8) is 0 Å². The average molecular weight is 279 g/mol. The van der Waals surface area contributed by atoms with Gasteiger partial charge in [0.25, 0.3) is 5.91 Å². The Labute approximate surface area is 114 Å². The quantitative estimate of drug-likeness (QED) is 0.762. The van der Waals surface area contributed by atoms with Gasteiger partial charge in [-0.2, -0.15) is 11.8 Å². The molecule has 0 bridgehead atoms. The summed E-state index contributed by atoms with van der Waals surface area (Å²) in [6.45, 7) is 0. The number of benzene rings is 1. The minimum absolute atomic E-state index is 0.311. The maximum Gasteiger partial charge on any atom is 0.329 e. The lowest BCUT2D eigenvalue weighted by molar-refractivity contribution is -0.155. The van der Waals surface area contributed by atoms with Crippen LogP contribution in [0.15, 0.2) is 24.3 Å². The molecule has 1 aromatic rings. The number of ether oxygens (including phenoxy) is 1. The summed E-state index contributed by atoms with van der Waals surface area (Å²) in [5, 5.41) is 10.8. The van der Waals surface area contributed by atoms with E-state index in [-0.39, 0.29) is 5.91 Å². The SMILES string of the molecule is COC(=O)[C@@H]1CSCC2(O)c3ccccc3C(=O)N12. The van der Waals surface area contributed by atoms with E-state index < -0.39 is 17.7 Å². The smallest absolute Gasteiger partial charge is 0.329 e. The highest BCUT2D eigenvalue weighted by Gasteiger charge is 2.55. The molecule has 6 heteroatoms. The van der Waals surface area contributed by atoms with Crippen molar-refractivity contribution in [1.29, 1.82) is 0 Å². The molecule has 0 saturated carbocycles. The fourth-order valence-electron chi connectivity index (χ4n) is 2.69. The van der Waals surface area contributed by atoms with E-state index in [1.807, 2.05) is 0 Å². The lowest BCUT2D eigenvalue weighted by atomic mass is 10.0. The lowest BCUT2D eigenvalue weighted by Gasteiger charge is -2.42. The summed E-state index contributed by atoms with van der Waals surface area (Å²) in [4.78, 5) is 25.5. The summed E-state index contributed by atoms with van der Waals surface area (Å²) in [7, 11) is 1.29. The van der Waals surface area contributed by atoms with Gasteiger partial charge in [0.15, 0.2) is 5.72 Å². The number of fused-ring (bicyclic) bond motifs is 3. The maximum absolute atomic E-state index is 12.4. The molecule has 5 nitrogen and oxygen atoms in total. The minimum Gasteiger partial charge on any atom is -0.467 e. The number of amides is 1. The number of thioether (sulfide) groups is 1. The van der Waals surface area contributed by atoms with Gasteiger partial charge in [-0.25, -0.2) is 4.79 Å². The van der Waals surface area contributed by atoms with Gasteiger partial charge in [0.2, 0.25) is 0 Å². The highest BCUT2D eigenvalue weighted by Crippen LogP contribution is 2.44. The molecular formula is C13H13NO4S. The molecule has 2 aliphatic heterocycles. The largest absolute Gasteiger partial charge is 0.467 e. The van der Waals surface area contributed by atoms with Gasteiger partial charge in [-0.05, 0) is 6.07 Å². The minimum atomic E-state index is -1.41. The topological polar surface area (TPSA) is 66.8 Å². The van der Waals surface area contributed by atoms with Crippen molar-refractivity contribution in [2.24, 2.45) is 0 Å². The van der Waals surface area contributed by atoms with Gasteiger partial charge in [0.1, 0.15) is 6.04 Å². The van der Waals surface area contributed by atoms with Crippen LogP contribution >= 0.6 is 11.8 Å². The molecule has 1 unspecified atom stereocenters. The second-order valence-electron chi connectivity index (χ2n) is 4.59. The van der Waals surface area contributed by atoms with Crippen LogP contribution in [0.1, 0.15) is 15.9 Å². The summed E-state index contributed by atoms with van der Waals surface area (Å²) in [5.41, 5.74) is -0.377. The highest BCUT2D eigenvalue weighted by atomic mass is 32.2. The average Bonchev–Trinajstić information content (AvgIpc) is 2.67. The van der Waals surface area contributed by atoms with Crippen LogP contribution in [0.25, 0.3) is 0 Å². The Morgan fingerprint density at radius 3 is 3.00 bits per heavy atom. The van der Waals surface area contributed by atoms with Crippen LogP contribution in [0.3, 0.4) is 0 Å². The molecule has 19 heavy (non-hydrogen) atoms. The second kappa shape index (κ2) is 4.25. The molecule has 1 fully saturated rings. The van der Waals surface area contributed by atoms with Gasteiger partial charge < -0.3 is 9.84 Å². The first kappa shape index (κ1) is 12.5. The molecule has 2 aliphatic rings. The second-order valence-corrected chi connectivity index (χ2v) is 5.62. The van der Waals surface area contributed by atoms with Gasteiger partial charge in [-0.1, -0.05) is 18.2 Å². The Morgan fingerprint density at radius 1 is 1.53 bits per heavy atom. The number of esters is 1. The Morgan fingerprint density at radius 2 is 2.26 bits per heavy atom. The molecule has 100 valence electrons. The first-order chi connectivity index (χ1) is 9.09. The van der Waals surface area contributed by atoms with E-state index in [4.69, 9.17) is 4.74 Å². The van der Waals surface area contributed by atoms with Gasteiger partial charge >= 0.3 is 5.97 Å². The zero-order chi connectivity index (χ0) is 13.6. The summed E-state index contributed by atoms with van der Waals surface area (Å²) in [6.07, 6.45) is 0. The van der Waals surface area contributed by atoms with Crippen molar-refractivity contribution in [1.82, 2.24) is 4.90 Å². The van der Waals surface area contributed by atoms with Gasteiger partial charge in [0.05, 0.1) is 7.11 Å². The molecule has 0 aromatic heterocycles. The summed E-state index contributed by atoms with van der Waals surface area (Å²) in [5.74, 6) is -0.00149. The number of hydrogen-bond acceptors (Lipinski definition) is 5. The van der Waals surface area contributed by atoms with Crippen LogP contribution in [-0.4, -0.2) is 46.5 Å². The van der Waals surface area contributed by atoms with E-state index in [1.54, 1.807) is 24.3 Å². The zero-order valence-electron chi connectivity index (χ0n) is 10.3. The van der Waals surface area contributed by atoms with Crippen molar-refractivity contribution in [3.8, 4) is 0 Å². The molecule has 0 spiro atoms. The summed E-state index contributed by atoms with van der Waals surface area (Å²) in [6, 6.07) is 6.19.